The molecule has 1 aromatic rings. The van der Waals surface area contributed by atoms with E-state index in [9.17, 15) is 9.59 Å². The molecule has 33 heavy (non-hydrogen) atoms. The number of hydrogen-bond acceptors (Lipinski definition) is 10. The summed E-state index contributed by atoms with van der Waals surface area (Å²) in [5.41, 5.74) is 0.854. The molecule has 0 unspecified atom stereocenters. The Morgan fingerprint density at radius 1 is 1.03 bits per heavy atom. The van der Waals surface area contributed by atoms with Crippen LogP contribution in [0.1, 0.15) is 33.3 Å². The lowest BCUT2D eigenvalue weighted by Crippen LogP contribution is -2.55. The van der Waals surface area contributed by atoms with Gasteiger partial charge in [-0.1, -0.05) is 30.3 Å². The minimum Gasteiger partial charge on any atom is -0.468 e. The van der Waals surface area contributed by atoms with Crippen LogP contribution in [0.25, 0.3) is 0 Å². The van der Waals surface area contributed by atoms with Crippen LogP contribution in [-0.4, -0.2) is 80.4 Å². The molecule has 2 saturated heterocycles. The third-order valence-electron chi connectivity index (χ3n) is 5.38. The first kappa shape index (κ1) is 25.5. The van der Waals surface area contributed by atoms with Gasteiger partial charge in [0.25, 0.3) is 0 Å². The topological polar surface area (TPSA) is 102 Å². The van der Waals surface area contributed by atoms with Crippen LogP contribution in [0.3, 0.4) is 0 Å². The average molecular weight is 468 g/mol. The van der Waals surface area contributed by atoms with E-state index in [4.69, 9.17) is 33.3 Å². The van der Waals surface area contributed by atoms with E-state index in [-0.39, 0.29) is 13.2 Å². The third kappa shape index (κ3) is 6.50. The van der Waals surface area contributed by atoms with Gasteiger partial charge in [-0.3, -0.25) is 9.63 Å². The monoisotopic (exact) mass is 467 g/mol. The van der Waals surface area contributed by atoms with Crippen LogP contribution in [0.15, 0.2) is 30.3 Å². The SMILES string of the molecule is COC(=O)CON(Cc1ccccc1)[C@H](C(=O)OC)[C@H]1OC(C)(C)O[C@H]1[C@H]1COC(C)(C)O1. The molecule has 0 aromatic heterocycles. The number of hydrogen-bond donors (Lipinski definition) is 0. The quantitative estimate of drug-likeness (QED) is 0.395. The first-order valence-corrected chi connectivity index (χ1v) is 10.8. The summed E-state index contributed by atoms with van der Waals surface area (Å²) in [4.78, 5) is 30.7. The van der Waals surface area contributed by atoms with Gasteiger partial charge in [0.1, 0.15) is 18.3 Å². The molecular weight excluding hydrogens is 434 g/mol. The predicted octanol–water partition coefficient (Wildman–Crippen LogP) is 1.81. The van der Waals surface area contributed by atoms with E-state index in [1.807, 2.05) is 44.2 Å². The second kappa shape index (κ2) is 10.5. The van der Waals surface area contributed by atoms with Crippen LogP contribution in [0.4, 0.5) is 0 Å². The van der Waals surface area contributed by atoms with E-state index >= 15 is 0 Å². The molecule has 4 atom stereocenters. The third-order valence-corrected chi connectivity index (χ3v) is 5.38. The summed E-state index contributed by atoms with van der Waals surface area (Å²) in [6.45, 7) is 7.18. The minimum atomic E-state index is -1.07. The van der Waals surface area contributed by atoms with E-state index in [1.165, 1.54) is 19.3 Å². The van der Waals surface area contributed by atoms with Crippen molar-refractivity contribution in [2.45, 2.75) is 70.2 Å². The van der Waals surface area contributed by atoms with Gasteiger partial charge in [0.2, 0.25) is 0 Å². The van der Waals surface area contributed by atoms with Crippen LogP contribution in [0.5, 0.6) is 0 Å². The highest BCUT2D eigenvalue weighted by molar-refractivity contribution is 5.76. The molecule has 2 heterocycles. The minimum absolute atomic E-state index is 0.179. The van der Waals surface area contributed by atoms with E-state index in [2.05, 4.69) is 0 Å². The number of hydroxylamine groups is 2. The Bertz CT molecular complexity index is 813. The number of esters is 2. The molecule has 0 bridgehead atoms. The summed E-state index contributed by atoms with van der Waals surface area (Å²) in [5.74, 6) is -2.99. The van der Waals surface area contributed by atoms with Crippen molar-refractivity contribution < 1.29 is 42.8 Å². The molecule has 0 amide bonds. The first-order chi connectivity index (χ1) is 15.5. The predicted molar refractivity (Wildman–Crippen MR) is 114 cm³/mol. The molecule has 10 nitrogen and oxygen atoms in total. The van der Waals surface area contributed by atoms with E-state index in [1.54, 1.807) is 13.8 Å². The summed E-state index contributed by atoms with van der Waals surface area (Å²) in [7, 11) is 2.54. The Kier molecular flexibility index (Phi) is 8.09. The summed E-state index contributed by atoms with van der Waals surface area (Å²) in [6.07, 6.45) is -1.99. The van der Waals surface area contributed by atoms with Crippen LogP contribution >= 0.6 is 0 Å². The van der Waals surface area contributed by atoms with Gasteiger partial charge >= 0.3 is 11.9 Å². The van der Waals surface area contributed by atoms with Crippen molar-refractivity contribution in [3.05, 3.63) is 35.9 Å². The molecular formula is C23H33NO9. The Hall–Kier alpha value is -2.08. The first-order valence-electron chi connectivity index (χ1n) is 10.8. The normalized spacial score (nSPS) is 26.8. The van der Waals surface area contributed by atoms with E-state index in [0.717, 1.165) is 5.56 Å². The molecule has 2 aliphatic rings. The van der Waals surface area contributed by atoms with Gasteiger partial charge in [-0.2, -0.15) is 5.06 Å². The lowest BCUT2D eigenvalue weighted by atomic mass is 10.0. The van der Waals surface area contributed by atoms with Gasteiger partial charge < -0.3 is 28.4 Å². The number of ether oxygens (including phenoxy) is 6. The Balaban J connectivity index is 1.94. The molecule has 184 valence electrons. The lowest BCUT2D eigenvalue weighted by molar-refractivity contribution is -0.233. The maximum absolute atomic E-state index is 13.1. The van der Waals surface area contributed by atoms with Crippen molar-refractivity contribution in [1.82, 2.24) is 5.06 Å². The van der Waals surface area contributed by atoms with Crippen LogP contribution in [0, 0.1) is 0 Å². The maximum Gasteiger partial charge on any atom is 0.333 e. The number of carbonyl (C=O) groups excluding carboxylic acids is 2. The largest absolute Gasteiger partial charge is 0.468 e. The van der Waals surface area contributed by atoms with Crippen molar-refractivity contribution >= 4 is 11.9 Å². The van der Waals surface area contributed by atoms with Crippen molar-refractivity contribution in [2.75, 3.05) is 27.4 Å². The molecule has 3 rings (SSSR count). The van der Waals surface area contributed by atoms with Gasteiger partial charge in [-0.25, -0.2) is 4.79 Å². The van der Waals surface area contributed by atoms with Gasteiger partial charge in [-0.05, 0) is 33.3 Å². The zero-order chi connectivity index (χ0) is 24.2. The van der Waals surface area contributed by atoms with Gasteiger partial charge in [-0.15, -0.1) is 0 Å². The fourth-order valence-electron chi connectivity index (χ4n) is 3.94. The zero-order valence-corrected chi connectivity index (χ0v) is 19.9. The maximum atomic E-state index is 13.1. The highest BCUT2D eigenvalue weighted by Gasteiger charge is 2.55. The molecule has 0 N–H and O–H groups in total. The van der Waals surface area contributed by atoms with Crippen molar-refractivity contribution in [1.29, 1.82) is 0 Å². The summed E-state index contributed by atoms with van der Waals surface area (Å²) < 4.78 is 33.9. The number of nitrogens with zero attached hydrogens (tertiary/aromatic N) is 1. The van der Waals surface area contributed by atoms with E-state index in [0.29, 0.717) is 0 Å². The van der Waals surface area contributed by atoms with Crippen molar-refractivity contribution in [2.24, 2.45) is 0 Å². The molecule has 2 fully saturated rings. The number of rotatable bonds is 9. The number of benzene rings is 1. The Labute approximate surface area is 193 Å². The summed E-state index contributed by atoms with van der Waals surface area (Å²) in [6, 6.07) is 8.31. The molecule has 1 aromatic carbocycles. The van der Waals surface area contributed by atoms with E-state index < -0.39 is 54.5 Å². The van der Waals surface area contributed by atoms with Crippen molar-refractivity contribution in [3.63, 3.8) is 0 Å². The standard InChI is InChI=1S/C23H33NO9/c1-22(2)29-13-16(31-22)19-20(33-23(3,4)32-19)18(21(26)28-6)24(30-14-17(25)27-5)12-15-10-8-7-9-11-15/h7-11,16,18-20H,12-14H2,1-6H3/t16-,18+,19+,20-/m1/s1. The average Bonchev–Trinajstić information content (AvgIpc) is 3.30. The second-order valence-electron chi connectivity index (χ2n) is 8.81. The smallest absolute Gasteiger partial charge is 0.333 e. The Morgan fingerprint density at radius 3 is 2.30 bits per heavy atom. The zero-order valence-electron chi connectivity index (χ0n) is 19.9. The fraction of sp³-hybridized carbons (Fsp3) is 0.652. The fourth-order valence-corrected chi connectivity index (χ4v) is 3.94. The second-order valence-corrected chi connectivity index (χ2v) is 8.81. The number of carbonyl (C=O) groups is 2. The van der Waals surface area contributed by atoms with Crippen LogP contribution < -0.4 is 0 Å². The number of methoxy groups -OCH3 is 2. The van der Waals surface area contributed by atoms with Gasteiger partial charge in [0, 0.05) is 0 Å². The van der Waals surface area contributed by atoms with Crippen LogP contribution in [-0.2, 0) is 49.4 Å². The summed E-state index contributed by atoms with van der Waals surface area (Å²) >= 11 is 0. The highest BCUT2D eigenvalue weighted by atomic mass is 16.8. The van der Waals surface area contributed by atoms with Gasteiger partial charge in [0.15, 0.2) is 24.2 Å². The van der Waals surface area contributed by atoms with Crippen LogP contribution in [0.2, 0.25) is 0 Å². The van der Waals surface area contributed by atoms with Crippen molar-refractivity contribution in [3.8, 4) is 0 Å². The molecule has 0 aliphatic carbocycles. The molecule has 10 heteroatoms. The summed E-state index contributed by atoms with van der Waals surface area (Å²) in [5, 5.41) is 1.38. The Morgan fingerprint density at radius 2 is 1.73 bits per heavy atom. The molecule has 0 spiro atoms. The molecule has 0 saturated carbocycles. The molecule has 2 aliphatic heterocycles. The molecule has 0 radical (unpaired) electrons. The highest BCUT2D eigenvalue weighted by Crippen LogP contribution is 2.38. The lowest BCUT2D eigenvalue weighted by Gasteiger charge is -2.34. The van der Waals surface area contributed by atoms with Gasteiger partial charge in [0.05, 0.1) is 27.4 Å².